The minimum absolute atomic E-state index is 0.0953. The summed E-state index contributed by atoms with van der Waals surface area (Å²) >= 11 is 4.81. The van der Waals surface area contributed by atoms with E-state index in [1.807, 2.05) is 68.4 Å². The van der Waals surface area contributed by atoms with Crippen LogP contribution in [0.5, 0.6) is 0 Å². The van der Waals surface area contributed by atoms with E-state index in [9.17, 15) is 14.4 Å². The molecule has 0 spiro atoms. The van der Waals surface area contributed by atoms with Crippen molar-refractivity contribution in [3.8, 4) is 0 Å². The lowest BCUT2D eigenvalue weighted by Crippen LogP contribution is -2.30. The predicted molar refractivity (Wildman–Crippen MR) is 166 cm³/mol. The Kier molecular flexibility index (Phi) is 9.94. The van der Waals surface area contributed by atoms with Crippen molar-refractivity contribution in [3.05, 3.63) is 129 Å². The summed E-state index contributed by atoms with van der Waals surface area (Å²) < 4.78 is 0.849. The van der Waals surface area contributed by atoms with Crippen molar-refractivity contribution in [3.63, 3.8) is 0 Å². The zero-order valence-corrected chi connectivity index (χ0v) is 24.4. The molecule has 4 aromatic carbocycles. The molecule has 40 heavy (non-hydrogen) atoms. The van der Waals surface area contributed by atoms with E-state index in [1.54, 1.807) is 48.5 Å². The molecule has 0 aliphatic rings. The van der Waals surface area contributed by atoms with E-state index >= 15 is 0 Å². The zero-order chi connectivity index (χ0) is 28.5. The van der Waals surface area contributed by atoms with Crippen LogP contribution in [0.2, 0.25) is 0 Å². The number of amides is 3. The molecule has 3 N–H and O–H groups in total. The maximum absolute atomic E-state index is 13.3. The van der Waals surface area contributed by atoms with E-state index in [-0.39, 0.29) is 17.4 Å². The van der Waals surface area contributed by atoms with Crippen molar-refractivity contribution in [1.82, 2.24) is 5.32 Å². The van der Waals surface area contributed by atoms with Crippen molar-refractivity contribution in [1.29, 1.82) is 0 Å². The van der Waals surface area contributed by atoms with Crippen LogP contribution in [-0.4, -0.2) is 23.5 Å². The van der Waals surface area contributed by atoms with E-state index in [4.69, 9.17) is 0 Å². The normalized spacial score (nSPS) is 11.0. The van der Waals surface area contributed by atoms with Gasteiger partial charge in [-0.25, -0.2) is 0 Å². The van der Waals surface area contributed by atoms with E-state index in [1.165, 1.54) is 11.8 Å². The van der Waals surface area contributed by atoms with Gasteiger partial charge in [0, 0.05) is 26.3 Å². The molecule has 4 rings (SSSR count). The number of rotatable bonds is 9. The molecule has 0 unspecified atom stereocenters. The Bertz CT molecular complexity index is 1570. The second kappa shape index (κ2) is 13.8. The van der Waals surface area contributed by atoms with Gasteiger partial charge in [-0.3, -0.25) is 14.4 Å². The number of hydrogen-bond acceptors (Lipinski definition) is 4. The van der Waals surface area contributed by atoms with Crippen LogP contribution in [-0.2, 0) is 9.59 Å². The lowest BCUT2D eigenvalue weighted by atomic mass is 10.1. The summed E-state index contributed by atoms with van der Waals surface area (Å²) in [5.74, 6) is -0.766. The molecule has 0 saturated heterocycles. The van der Waals surface area contributed by atoms with Crippen molar-refractivity contribution in [2.45, 2.75) is 18.7 Å². The Morgan fingerprint density at radius 2 is 1.57 bits per heavy atom. The number of halogens is 1. The SMILES string of the molecule is Cc1cccc(NC(=O)CSc2cccc(NC(=O)/C(=C\c3cccc(Br)c3)NC(=O)c3ccccc3)c2)c1C. The number of thioether (sulfide) groups is 1. The number of aryl methyl sites for hydroxylation is 1. The Morgan fingerprint density at radius 3 is 2.35 bits per heavy atom. The maximum Gasteiger partial charge on any atom is 0.272 e. The number of benzene rings is 4. The monoisotopic (exact) mass is 613 g/mol. The van der Waals surface area contributed by atoms with Gasteiger partial charge in [0.2, 0.25) is 5.91 Å². The zero-order valence-electron chi connectivity index (χ0n) is 22.0. The van der Waals surface area contributed by atoms with Gasteiger partial charge in [-0.05, 0) is 85.1 Å². The van der Waals surface area contributed by atoms with Gasteiger partial charge >= 0.3 is 0 Å². The maximum atomic E-state index is 13.3. The van der Waals surface area contributed by atoms with Gasteiger partial charge in [-0.2, -0.15) is 0 Å². The van der Waals surface area contributed by atoms with E-state index in [0.29, 0.717) is 11.3 Å². The minimum Gasteiger partial charge on any atom is -0.325 e. The van der Waals surface area contributed by atoms with Crippen molar-refractivity contribution in [2.24, 2.45) is 0 Å². The fourth-order valence-corrected chi connectivity index (χ4v) is 4.96. The highest BCUT2D eigenvalue weighted by molar-refractivity contribution is 9.10. The van der Waals surface area contributed by atoms with Crippen LogP contribution in [0.1, 0.15) is 27.0 Å². The molecule has 0 heterocycles. The molecule has 4 aromatic rings. The number of carbonyl (C=O) groups is 3. The average molecular weight is 615 g/mol. The summed E-state index contributed by atoms with van der Waals surface area (Å²) in [6.45, 7) is 3.98. The van der Waals surface area contributed by atoms with Crippen molar-refractivity contribution >= 4 is 62.9 Å². The molecule has 0 bridgehead atoms. The van der Waals surface area contributed by atoms with Gasteiger partial charge < -0.3 is 16.0 Å². The van der Waals surface area contributed by atoms with Crippen molar-refractivity contribution in [2.75, 3.05) is 16.4 Å². The number of hydrogen-bond donors (Lipinski definition) is 3. The molecule has 3 amide bonds. The van der Waals surface area contributed by atoms with Crippen LogP contribution in [0.15, 0.2) is 112 Å². The third-order valence-electron chi connectivity index (χ3n) is 6.03. The predicted octanol–water partition coefficient (Wildman–Crippen LogP) is 7.21. The standard InChI is InChI=1S/C32H28BrN3O3S/c1-21-9-6-16-28(22(21)2)35-30(37)20-40-27-15-8-14-26(19-27)34-32(39)29(18-23-10-7-13-25(33)17-23)36-31(38)24-11-4-3-5-12-24/h3-19H,20H2,1-2H3,(H,34,39)(H,35,37)(H,36,38)/b29-18+. The van der Waals surface area contributed by atoms with Gasteiger partial charge in [-0.15, -0.1) is 11.8 Å². The van der Waals surface area contributed by atoms with Crippen LogP contribution < -0.4 is 16.0 Å². The number of nitrogens with one attached hydrogen (secondary N) is 3. The second-order valence-corrected chi connectivity index (χ2v) is 11.0. The fourth-order valence-electron chi connectivity index (χ4n) is 3.79. The quantitative estimate of drug-likeness (QED) is 0.137. The topological polar surface area (TPSA) is 87.3 Å². The van der Waals surface area contributed by atoms with Crippen molar-refractivity contribution < 1.29 is 14.4 Å². The van der Waals surface area contributed by atoms with Gasteiger partial charge in [0.15, 0.2) is 0 Å². The molecule has 0 fully saturated rings. The molecule has 0 aliphatic carbocycles. The summed E-state index contributed by atoms with van der Waals surface area (Å²) in [4.78, 5) is 39.6. The van der Waals surface area contributed by atoms with Crippen LogP contribution in [0.25, 0.3) is 6.08 Å². The number of anilines is 2. The Hall–Kier alpha value is -4.14. The summed E-state index contributed by atoms with van der Waals surface area (Å²) in [5, 5.41) is 8.57. The third-order valence-corrected chi connectivity index (χ3v) is 7.52. The first kappa shape index (κ1) is 28.9. The van der Waals surface area contributed by atoms with E-state index in [2.05, 4.69) is 31.9 Å². The molecule has 0 radical (unpaired) electrons. The van der Waals surface area contributed by atoms with Crippen LogP contribution in [0.3, 0.4) is 0 Å². The molecule has 202 valence electrons. The average Bonchev–Trinajstić information content (AvgIpc) is 2.95. The summed E-state index contributed by atoms with van der Waals surface area (Å²) in [6.07, 6.45) is 1.62. The largest absolute Gasteiger partial charge is 0.325 e. The molecule has 6 nitrogen and oxygen atoms in total. The van der Waals surface area contributed by atoms with Crippen LogP contribution in [0.4, 0.5) is 11.4 Å². The Morgan fingerprint density at radius 1 is 0.825 bits per heavy atom. The highest BCUT2D eigenvalue weighted by atomic mass is 79.9. The molecule has 8 heteroatoms. The third kappa shape index (κ3) is 8.18. The molecule has 0 aliphatic heterocycles. The highest BCUT2D eigenvalue weighted by Crippen LogP contribution is 2.24. The van der Waals surface area contributed by atoms with Gasteiger partial charge in [0.05, 0.1) is 5.75 Å². The molecule has 0 saturated carbocycles. The Balaban J connectivity index is 1.45. The first-order valence-corrected chi connectivity index (χ1v) is 14.3. The van der Waals surface area contributed by atoms with Gasteiger partial charge in [-0.1, -0.05) is 64.5 Å². The lowest BCUT2D eigenvalue weighted by Gasteiger charge is -2.13. The highest BCUT2D eigenvalue weighted by Gasteiger charge is 2.16. The van der Waals surface area contributed by atoms with Crippen LogP contribution >= 0.6 is 27.7 Å². The molecular weight excluding hydrogens is 586 g/mol. The first-order chi connectivity index (χ1) is 19.3. The molecule has 0 atom stereocenters. The summed E-state index contributed by atoms with van der Waals surface area (Å²) in [5.41, 5.74) is 4.77. The van der Waals surface area contributed by atoms with Gasteiger partial charge in [0.1, 0.15) is 5.70 Å². The smallest absolute Gasteiger partial charge is 0.272 e. The first-order valence-electron chi connectivity index (χ1n) is 12.5. The summed E-state index contributed by atoms with van der Waals surface area (Å²) in [6, 6.07) is 29.2. The number of carbonyl (C=O) groups excluding carboxylic acids is 3. The molecular formula is C32H28BrN3O3S. The fraction of sp³-hybridized carbons (Fsp3) is 0.0938. The van der Waals surface area contributed by atoms with Crippen LogP contribution in [0, 0.1) is 13.8 Å². The molecule has 0 aromatic heterocycles. The summed E-state index contributed by atoms with van der Waals surface area (Å²) in [7, 11) is 0. The second-order valence-electron chi connectivity index (χ2n) is 9.00. The minimum atomic E-state index is -0.473. The lowest BCUT2D eigenvalue weighted by molar-refractivity contribution is -0.114. The Labute approximate surface area is 246 Å². The van der Waals surface area contributed by atoms with Gasteiger partial charge in [0.25, 0.3) is 11.8 Å². The van der Waals surface area contributed by atoms with E-state index < -0.39 is 11.8 Å². The van der Waals surface area contributed by atoms with E-state index in [0.717, 1.165) is 31.7 Å².